The van der Waals surface area contributed by atoms with Crippen molar-refractivity contribution in [3.63, 3.8) is 0 Å². The molecule has 0 bridgehead atoms. The van der Waals surface area contributed by atoms with Crippen LogP contribution in [-0.2, 0) is 10.1 Å². The van der Waals surface area contributed by atoms with Crippen LogP contribution in [0.1, 0.15) is 5.56 Å². The van der Waals surface area contributed by atoms with Gasteiger partial charge in [-0.05, 0) is 6.92 Å². The van der Waals surface area contributed by atoms with Crippen molar-refractivity contribution in [1.82, 2.24) is 0 Å². The van der Waals surface area contributed by atoms with Crippen molar-refractivity contribution in [3.8, 4) is 0 Å². The van der Waals surface area contributed by atoms with Gasteiger partial charge < -0.3 is 0 Å². The summed E-state index contributed by atoms with van der Waals surface area (Å²) in [5.74, 6) is 0. The average molecular weight is 247 g/mol. The van der Waals surface area contributed by atoms with Crippen molar-refractivity contribution >= 4 is 44.7 Å². The highest BCUT2D eigenvalue weighted by atomic mass is 35.5. The molecule has 0 radical (unpaired) electrons. The first-order chi connectivity index (χ1) is 5.34. The Bertz CT molecular complexity index is 407. The standard InChI is InChI=1S/C5H4Cl2O3S2/c1-2-3(12(8,9)10)5(7)11-4(2)6/h1H3,(H,8,9,10). The molecule has 1 N–H and O–H groups in total. The summed E-state index contributed by atoms with van der Waals surface area (Å²) in [5.41, 5.74) is 0.286. The molecule has 0 amide bonds. The van der Waals surface area contributed by atoms with Gasteiger partial charge in [-0.1, -0.05) is 23.2 Å². The first-order valence-electron chi connectivity index (χ1n) is 2.76. The molecule has 0 aliphatic rings. The molecule has 0 aliphatic carbocycles. The number of rotatable bonds is 1. The van der Waals surface area contributed by atoms with E-state index in [9.17, 15) is 8.42 Å². The lowest BCUT2D eigenvalue weighted by molar-refractivity contribution is 0.483. The summed E-state index contributed by atoms with van der Waals surface area (Å²) in [6.45, 7) is 1.48. The second-order valence-corrected chi connectivity index (χ2v) is 5.66. The summed E-state index contributed by atoms with van der Waals surface area (Å²) in [4.78, 5) is -0.292. The van der Waals surface area contributed by atoms with E-state index in [4.69, 9.17) is 27.8 Å². The maximum absolute atomic E-state index is 10.7. The van der Waals surface area contributed by atoms with Gasteiger partial charge in [-0.25, -0.2) is 0 Å². The maximum Gasteiger partial charge on any atom is 0.297 e. The van der Waals surface area contributed by atoms with Gasteiger partial charge in [-0.15, -0.1) is 11.3 Å². The summed E-state index contributed by atoms with van der Waals surface area (Å²) in [7, 11) is -4.25. The highest BCUT2D eigenvalue weighted by molar-refractivity contribution is 7.86. The minimum atomic E-state index is -4.25. The Morgan fingerprint density at radius 2 is 1.83 bits per heavy atom. The Balaban J connectivity index is 3.54. The third-order valence-corrected chi connectivity index (χ3v) is 4.32. The van der Waals surface area contributed by atoms with Crippen LogP contribution in [0.15, 0.2) is 4.90 Å². The van der Waals surface area contributed by atoms with Crippen LogP contribution >= 0.6 is 34.5 Å². The lowest BCUT2D eigenvalue weighted by Crippen LogP contribution is -1.98. The molecule has 0 saturated carbocycles. The molecule has 0 saturated heterocycles. The van der Waals surface area contributed by atoms with Gasteiger partial charge in [0.25, 0.3) is 10.1 Å². The normalized spacial score (nSPS) is 12.0. The maximum atomic E-state index is 10.7. The summed E-state index contributed by atoms with van der Waals surface area (Å²) in [5, 5.41) is 0. The van der Waals surface area contributed by atoms with Crippen LogP contribution in [0.25, 0.3) is 0 Å². The molecular formula is C5H4Cl2O3S2. The molecule has 0 aromatic carbocycles. The Hall–Kier alpha value is 0.190. The van der Waals surface area contributed by atoms with Gasteiger partial charge in [0.2, 0.25) is 0 Å². The van der Waals surface area contributed by atoms with Crippen LogP contribution in [0.2, 0.25) is 8.67 Å². The van der Waals surface area contributed by atoms with Crippen molar-refractivity contribution in [2.24, 2.45) is 0 Å². The van der Waals surface area contributed by atoms with E-state index in [0.29, 0.717) is 0 Å². The molecule has 0 atom stereocenters. The molecule has 7 heteroatoms. The molecule has 0 unspecified atom stereocenters. The molecule has 12 heavy (non-hydrogen) atoms. The fraction of sp³-hybridized carbons (Fsp3) is 0.200. The van der Waals surface area contributed by atoms with E-state index < -0.39 is 10.1 Å². The smallest absolute Gasteiger partial charge is 0.282 e. The second-order valence-electron chi connectivity index (χ2n) is 2.08. The molecule has 1 aromatic heterocycles. The molecular weight excluding hydrogens is 243 g/mol. The molecule has 3 nitrogen and oxygen atoms in total. The predicted octanol–water partition coefficient (Wildman–Crippen LogP) is 2.61. The first kappa shape index (κ1) is 10.3. The molecule has 1 aromatic rings. The summed E-state index contributed by atoms with van der Waals surface area (Å²) < 4.78 is 30.4. The zero-order valence-electron chi connectivity index (χ0n) is 5.84. The van der Waals surface area contributed by atoms with E-state index in [1.54, 1.807) is 0 Å². The van der Waals surface area contributed by atoms with E-state index in [-0.39, 0.29) is 19.1 Å². The minimum absolute atomic E-state index is 0.0139. The van der Waals surface area contributed by atoms with Crippen LogP contribution in [0.4, 0.5) is 0 Å². The second kappa shape index (κ2) is 3.16. The highest BCUT2D eigenvalue weighted by Gasteiger charge is 2.22. The van der Waals surface area contributed by atoms with Gasteiger partial charge in [0, 0.05) is 5.56 Å². The van der Waals surface area contributed by atoms with Crippen molar-refractivity contribution < 1.29 is 13.0 Å². The predicted molar refractivity (Wildman–Crippen MR) is 48.9 cm³/mol. The zero-order chi connectivity index (χ0) is 9.52. The Morgan fingerprint density at radius 3 is 2.00 bits per heavy atom. The Morgan fingerprint density at radius 1 is 1.33 bits per heavy atom. The molecule has 68 valence electrons. The average Bonchev–Trinajstić information content (AvgIpc) is 2.05. The minimum Gasteiger partial charge on any atom is -0.282 e. The largest absolute Gasteiger partial charge is 0.297 e. The van der Waals surface area contributed by atoms with Crippen LogP contribution in [0, 0.1) is 6.92 Å². The van der Waals surface area contributed by atoms with Crippen molar-refractivity contribution in [3.05, 3.63) is 14.2 Å². The third kappa shape index (κ3) is 1.75. The molecule has 0 spiro atoms. The fourth-order valence-electron chi connectivity index (χ4n) is 0.733. The highest BCUT2D eigenvalue weighted by Crippen LogP contribution is 2.38. The molecule has 1 heterocycles. The van der Waals surface area contributed by atoms with Crippen LogP contribution in [-0.4, -0.2) is 13.0 Å². The Labute approximate surface area is 83.7 Å². The number of hydrogen-bond donors (Lipinski definition) is 1. The quantitative estimate of drug-likeness (QED) is 0.776. The van der Waals surface area contributed by atoms with Gasteiger partial charge in [-0.2, -0.15) is 8.42 Å². The zero-order valence-corrected chi connectivity index (χ0v) is 8.98. The SMILES string of the molecule is Cc1c(Cl)sc(Cl)c1S(=O)(=O)O. The monoisotopic (exact) mass is 246 g/mol. The van der Waals surface area contributed by atoms with E-state index in [1.807, 2.05) is 0 Å². The summed E-state index contributed by atoms with van der Waals surface area (Å²) >= 11 is 12.0. The Kier molecular flexibility index (Phi) is 2.70. The van der Waals surface area contributed by atoms with Crippen LogP contribution in [0.3, 0.4) is 0 Å². The van der Waals surface area contributed by atoms with Crippen molar-refractivity contribution in [2.45, 2.75) is 11.8 Å². The van der Waals surface area contributed by atoms with E-state index >= 15 is 0 Å². The van der Waals surface area contributed by atoms with Crippen molar-refractivity contribution in [2.75, 3.05) is 0 Å². The molecule has 0 aliphatic heterocycles. The lowest BCUT2D eigenvalue weighted by atomic mass is 10.4. The first-order valence-corrected chi connectivity index (χ1v) is 5.77. The van der Waals surface area contributed by atoms with Gasteiger partial charge in [0.1, 0.15) is 9.23 Å². The summed E-state index contributed by atoms with van der Waals surface area (Å²) in [6.07, 6.45) is 0. The van der Waals surface area contributed by atoms with Gasteiger partial charge >= 0.3 is 0 Å². The van der Waals surface area contributed by atoms with Crippen molar-refractivity contribution in [1.29, 1.82) is 0 Å². The molecule has 0 fully saturated rings. The number of hydrogen-bond acceptors (Lipinski definition) is 3. The van der Waals surface area contributed by atoms with E-state index in [2.05, 4.69) is 0 Å². The van der Waals surface area contributed by atoms with Crippen LogP contribution in [0.5, 0.6) is 0 Å². The fourth-order valence-corrected chi connectivity index (χ4v) is 3.75. The van der Waals surface area contributed by atoms with Gasteiger partial charge in [0.05, 0.1) is 4.34 Å². The molecule has 1 rings (SSSR count). The summed E-state index contributed by atoms with van der Waals surface area (Å²) in [6, 6.07) is 0. The number of halogens is 2. The third-order valence-electron chi connectivity index (χ3n) is 1.25. The topological polar surface area (TPSA) is 54.4 Å². The van der Waals surface area contributed by atoms with Crippen LogP contribution < -0.4 is 0 Å². The van der Waals surface area contributed by atoms with E-state index in [1.165, 1.54) is 6.92 Å². The van der Waals surface area contributed by atoms with Gasteiger partial charge in [-0.3, -0.25) is 4.55 Å². The van der Waals surface area contributed by atoms with Gasteiger partial charge in [0.15, 0.2) is 0 Å². The number of thiophene rings is 1. The lowest BCUT2D eigenvalue weighted by Gasteiger charge is -1.94. The van der Waals surface area contributed by atoms with E-state index in [0.717, 1.165) is 11.3 Å².